The van der Waals surface area contributed by atoms with Gasteiger partial charge in [-0.25, -0.2) is 4.98 Å². The largest absolute Gasteiger partial charge is 0.480 e. The molecular formula is C13H15ClF3N3O3. The Morgan fingerprint density at radius 2 is 2.09 bits per heavy atom. The first-order valence-corrected chi connectivity index (χ1v) is 6.99. The number of carboxylic acids is 1. The molecule has 10 heteroatoms. The van der Waals surface area contributed by atoms with Crippen LogP contribution in [0.1, 0.15) is 18.9 Å². The van der Waals surface area contributed by atoms with Crippen LogP contribution in [-0.4, -0.2) is 46.5 Å². The molecule has 0 saturated carbocycles. The average molecular weight is 354 g/mol. The quantitative estimate of drug-likeness (QED) is 0.787. The maximum Gasteiger partial charge on any atom is 0.417 e. The molecule has 0 bridgehead atoms. The summed E-state index contributed by atoms with van der Waals surface area (Å²) < 4.78 is 37.4. The number of nitrogens with zero attached hydrogens (tertiary/aromatic N) is 2. The highest BCUT2D eigenvalue weighted by Gasteiger charge is 2.31. The highest BCUT2D eigenvalue weighted by Crippen LogP contribution is 2.32. The van der Waals surface area contributed by atoms with Crippen molar-refractivity contribution in [1.29, 1.82) is 0 Å². The van der Waals surface area contributed by atoms with Crippen molar-refractivity contribution in [3.05, 3.63) is 22.8 Å². The maximum absolute atomic E-state index is 12.5. The zero-order valence-corrected chi connectivity index (χ0v) is 12.9. The molecule has 1 rings (SSSR count). The fourth-order valence-electron chi connectivity index (χ4n) is 1.71. The lowest BCUT2D eigenvalue weighted by atomic mass is 10.2. The zero-order chi connectivity index (χ0) is 17.6. The second kappa shape index (κ2) is 8.00. The van der Waals surface area contributed by atoms with E-state index in [-0.39, 0.29) is 30.4 Å². The van der Waals surface area contributed by atoms with Crippen LogP contribution in [0.25, 0.3) is 0 Å². The summed E-state index contributed by atoms with van der Waals surface area (Å²) in [6, 6.07) is 0.738. The van der Waals surface area contributed by atoms with Crippen molar-refractivity contribution in [2.75, 3.05) is 25.0 Å². The Labute approximate surface area is 135 Å². The number of carbonyl (C=O) groups is 2. The third-order valence-electron chi connectivity index (χ3n) is 2.86. The third kappa shape index (κ3) is 5.93. The molecule has 1 aromatic rings. The topological polar surface area (TPSA) is 82.5 Å². The van der Waals surface area contributed by atoms with Crippen molar-refractivity contribution < 1.29 is 27.9 Å². The highest BCUT2D eigenvalue weighted by molar-refractivity contribution is 6.32. The molecule has 0 aromatic carbocycles. The molecule has 0 saturated heterocycles. The standard InChI is InChI=1S/C13H15ClF3N3O3/c1-2-20(7-11(22)23)10(21)3-4-18-12-9(14)5-8(6-19-12)13(15,16)17/h5-6H,2-4,7H2,1H3,(H,18,19)(H,22,23). The number of pyridine rings is 1. The molecule has 0 aliphatic rings. The summed E-state index contributed by atoms with van der Waals surface area (Å²) in [5.41, 5.74) is -0.970. The summed E-state index contributed by atoms with van der Waals surface area (Å²) in [5.74, 6) is -1.50. The number of carboxylic acid groups (broad SMARTS) is 1. The van der Waals surface area contributed by atoms with Gasteiger partial charge in [0.2, 0.25) is 5.91 Å². The first kappa shape index (κ1) is 19.0. The normalized spacial score (nSPS) is 11.2. The summed E-state index contributed by atoms with van der Waals surface area (Å²) in [5, 5.41) is 11.1. The van der Waals surface area contributed by atoms with E-state index in [4.69, 9.17) is 16.7 Å². The van der Waals surface area contributed by atoms with E-state index >= 15 is 0 Å². The Morgan fingerprint density at radius 1 is 1.43 bits per heavy atom. The van der Waals surface area contributed by atoms with Gasteiger partial charge in [-0.15, -0.1) is 0 Å². The van der Waals surface area contributed by atoms with Crippen molar-refractivity contribution in [2.24, 2.45) is 0 Å². The van der Waals surface area contributed by atoms with Crippen LogP contribution < -0.4 is 5.32 Å². The van der Waals surface area contributed by atoms with Crippen LogP contribution in [0.3, 0.4) is 0 Å². The van der Waals surface area contributed by atoms with E-state index in [9.17, 15) is 22.8 Å². The number of hydrogen-bond acceptors (Lipinski definition) is 4. The van der Waals surface area contributed by atoms with E-state index in [0.29, 0.717) is 6.20 Å². The number of carbonyl (C=O) groups excluding carboxylic acids is 1. The second-order valence-corrected chi connectivity index (χ2v) is 4.94. The Balaban J connectivity index is 2.59. The lowest BCUT2D eigenvalue weighted by molar-refractivity contribution is -0.144. The lowest BCUT2D eigenvalue weighted by Crippen LogP contribution is -2.36. The Kier molecular flexibility index (Phi) is 6.62. The molecule has 0 aliphatic carbocycles. The van der Waals surface area contributed by atoms with Crippen LogP contribution in [0, 0.1) is 0 Å². The second-order valence-electron chi connectivity index (χ2n) is 4.53. The van der Waals surface area contributed by atoms with Crippen LogP contribution in [0.15, 0.2) is 12.3 Å². The van der Waals surface area contributed by atoms with Crippen LogP contribution in [0.2, 0.25) is 5.02 Å². The predicted molar refractivity (Wildman–Crippen MR) is 77.2 cm³/mol. The van der Waals surface area contributed by atoms with Crippen LogP contribution in [-0.2, 0) is 15.8 Å². The zero-order valence-electron chi connectivity index (χ0n) is 12.2. The monoisotopic (exact) mass is 353 g/mol. The lowest BCUT2D eigenvalue weighted by Gasteiger charge is -2.18. The Morgan fingerprint density at radius 3 is 2.57 bits per heavy atom. The molecule has 1 aromatic heterocycles. The van der Waals surface area contributed by atoms with E-state index in [1.165, 1.54) is 0 Å². The molecule has 128 valence electrons. The number of alkyl halides is 3. The summed E-state index contributed by atoms with van der Waals surface area (Å²) in [7, 11) is 0. The van der Waals surface area contributed by atoms with Gasteiger partial charge >= 0.3 is 12.1 Å². The third-order valence-corrected chi connectivity index (χ3v) is 3.15. The van der Waals surface area contributed by atoms with Gasteiger partial charge in [-0.1, -0.05) is 11.6 Å². The minimum atomic E-state index is -4.54. The first-order chi connectivity index (χ1) is 10.6. The molecule has 0 unspecified atom stereocenters. The molecule has 0 radical (unpaired) electrons. The molecule has 0 spiro atoms. The van der Waals surface area contributed by atoms with Gasteiger partial charge < -0.3 is 15.3 Å². The Hall–Kier alpha value is -2.03. The number of aliphatic carboxylic acids is 1. The molecule has 1 heterocycles. The molecule has 23 heavy (non-hydrogen) atoms. The highest BCUT2D eigenvalue weighted by atomic mass is 35.5. The molecule has 1 amide bonds. The number of anilines is 1. The predicted octanol–water partition coefficient (Wildman–Crippen LogP) is 2.49. The molecule has 0 fully saturated rings. The maximum atomic E-state index is 12.5. The van der Waals surface area contributed by atoms with Crippen molar-refractivity contribution in [3.8, 4) is 0 Å². The number of rotatable bonds is 7. The molecule has 2 N–H and O–H groups in total. The fourth-order valence-corrected chi connectivity index (χ4v) is 1.94. The van der Waals surface area contributed by atoms with Gasteiger partial charge in [-0.05, 0) is 13.0 Å². The van der Waals surface area contributed by atoms with Gasteiger partial charge in [0.05, 0.1) is 10.6 Å². The number of likely N-dealkylation sites (N-methyl/N-ethyl adjacent to an activating group) is 1. The summed E-state index contributed by atoms with van der Waals surface area (Å²) >= 11 is 5.71. The number of amides is 1. The van der Waals surface area contributed by atoms with Crippen molar-refractivity contribution in [2.45, 2.75) is 19.5 Å². The van der Waals surface area contributed by atoms with Crippen molar-refractivity contribution >= 4 is 29.3 Å². The van der Waals surface area contributed by atoms with Crippen LogP contribution >= 0.6 is 11.6 Å². The minimum Gasteiger partial charge on any atom is -0.480 e. The van der Waals surface area contributed by atoms with Gasteiger partial charge in [0.15, 0.2) is 0 Å². The molecule has 0 aliphatic heterocycles. The summed E-state index contributed by atoms with van der Waals surface area (Å²) in [4.78, 5) is 27.1. The van der Waals surface area contributed by atoms with Gasteiger partial charge in [-0.2, -0.15) is 13.2 Å². The Bertz CT molecular complexity index is 581. The van der Waals surface area contributed by atoms with Crippen LogP contribution in [0.5, 0.6) is 0 Å². The van der Waals surface area contributed by atoms with Crippen LogP contribution in [0.4, 0.5) is 19.0 Å². The van der Waals surface area contributed by atoms with E-state index in [0.717, 1.165) is 11.0 Å². The number of aromatic nitrogens is 1. The smallest absolute Gasteiger partial charge is 0.417 e. The molecule has 6 nitrogen and oxygen atoms in total. The van der Waals surface area contributed by atoms with E-state index in [1.54, 1.807) is 6.92 Å². The fraction of sp³-hybridized carbons (Fsp3) is 0.462. The average Bonchev–Trinajstić information content (AvgIpc) is 2.44. The van der Waals surface area contributed by atoms with E-state index < -0.39 is 30.2 Å². The van der Waals surface area contributed by atoms with Gasteiger partial charge in [0.25, 0.3) is 0 Å². The number of hydrogen-bond donors (Lipinski definition) is 2. The number of halogens is 4. The molecular weight excluding hydrogens is 339 g/mol. The number of nitrogens with one attached hydrogen (secondary N) is 1. The van der Waals surface area contributed by atoms with Crippen molar-refractivity contribution in [3.63, 3.8) is 0 Å². The van der Waals surface area contributed by atoms with Gasteiger partial charge in [-0.3, -0.25) is 9.59 Å². The molecule has 0 atom stereocenters. The summed E-state index contributed by atoms with van der Waals surface area (Å²) in [6.07, 6.45) is -3.94. The first-order valence-electron chi connectivity index (χ1n) is 6.61. The summed E-state index contributed by atoms with van der Waals surface area (Å²) in [6.45, 7) is 1.54. The minimum absolute atomic E-state index is 0.0220. The van der Waals surface area contributed by atoms with E-state index in [2.05, 4.69) is 10.3 Å². The SMILES string of the molecule is CCN(CC(=O)O)C(=O)CCNc1ncc(C(F)(F)F)cc1Cl. The van der Waals surface area contributed by atoms with E-state index in [1.807, 2.05) is 0 Å². The van der Waals surface area contributed by atoms with Gasteiger partial charge in [0.1, 0.15) is 12.4 Å². The van der Waals surface area contributed by atoms with Crippen molar-refractivity contribution in [1.82, 2.24) is 9.88 Å². The van der Waals surface area contributed by atoms with Gasteiger partial charge in [0, 0.05) is 25.7 Å².